The van der Waals surface area contributed by atoms with E-state index in [0.29, 0.717) is 18.7 Å². The molecular weight excluding hydrogens is 246 g/mol. The van der Waals surface area contributed by atoms with Crippen molar-refractivity contribution in [3.8, 4) is 5.75 Å². The molecule has 0 saturated carbocycles. The van der Waals surface area contributed by atoms with Crippen LogP contribution in [-0.4, -0.2) is 25.9 Å². The molecule has 1 fully saturated rings. The van der Waals surface area contributed by atoms with Crippen LogP contribution in [0.15, 0.2) is 24.3 Å². The predicted molar refractivity (Wildman–Crippen MR) is 62.6 cm³/mol. The molecule has 18 heavy (non-hydrogen) atoms. The van der Waals surface area contributed by atoms with Gasteiger partial charge in [-0.3, -0.25) is 4.79 Å². The number of hydrogen-bond donors (Lipinski definition) is 0. The lowest BCUT2D eigenvalue weighted by Crippen LogP contribution is -2.26. The van der Waals surface area contributed by atoms with Crippen molar-refractivity contribution >= 4 is 18.6 Å². The van der Waals surface area contributed by atoms with Crippen molar-refractivity contribution in [2.45, 2.75) is 12.8 Å². The Kier molecular flexibility index (Phi) is 3.49. The quantitative estimate of drug-likeness (QED) is 0.777. The Labute approximate surface area is 103 Å². The second-order valence-corrected chi connectivity index (χ2v) is 4.16. The van der Waals surface area contributed by atoms with E-state index < -0.39 is 13.5 Å². The fourth-order valence-electron chi connectivity index (χ4n) is 1.83. The van der Waals surface area contributed by atoms with Crippen LogP contribution in [0, 0.1) is 0 Å². The van der Waals surface area contributed by atoms with Gasteiger partial charge in [0.25, 0.3) is 0 Å². The van der Waals surface area contributed by atoms with Gasteiger partial charge in [0.05, 0.1) is 6.51 Å². The number of anilines is 1. The third kappa shape index (κ3) is 3.18. The molecule has 0 unspecified atom stereocenters. The molecule has 2 rings (SSSR count). The standard InChI is InChI=1S/C11H12BF3NO2/c13-12(14,15)8-18-10-5-3-9(4-6-10)16-7-1-2-11(16)17/h3-6H,1-2,7-8H2/q-1. The average Bonchev–Trinajstić information content (AvgIpc) is 2.73. The largest absolute Gasteiger partial charge is 0.522 e. The molecular formula is C11H12BF3NO2-. The minimum Gasteiger partial charge on any atom is -0.522 e. The van der Waals surface area contributed by atoms with E-state index in [1.54, 1.807) is 17.0 Å². The average molecular weight is 258 g/mol. The van der Waals surface area contributed by atoms with Gasteiger partial charge in [0.2, 0.25) is 5.91 Å². The maximum Gasteiger partial charge on any atom is 0.515 e. The first-order chi connectivity index (χ1) is 8.46. The number of nitrogens with zero attached hydrogens (tertiary/aromatic N) is 1. The van der Waals surface area contributed by atoms with Gasteiger partial charge in [0, 0.05) is 18.7 Å². The summed E-state index contributed by atoms with van der Waals surface area (Å²) in [6.07, 6.45) is 1.34. The van der Waals surface area contributed by atoms with E-state index in [1.807, 2.05) is 0 Å². The minimum absolute atomic E-state index is 0.0438. The van der Waals surface area contributed by atoms with Gasteiger partial charge in [0.15, 0.2) is 0 Å². The van der Waals surface area contributed by atoms with Crippen LogP contribution in [0.2, 0.25) is 0 Å². The zero-order chi connectivity index (χ0) is 13.2. The van der Waals surface area contributed by atoms with Gasteiger partial charge >= 0.3 is 6.98 Å². The topological polar surface area (TPSA) is 29.5 Å². The van der Waals surface area contributed by atoms with E-state index in [2.05, 4.69) is 4.74 Å². The number of rotatable bonds is 4. The highest BCUT2D eigenvalue weighted by molar-refractivity contribution is 6.58. The SMILES string of the molecule is O=C1CCCN1c1ccc(OC[B-](F)(F)F)cc1. The Morgan fingerprint density at radius 3 is 2.39 bits per heavy atom. The number of amides is 1. The van der Waals surface area contributed by atoms with Crippen molar-refractivity contribution < 1.29 is 22.5 Å². The van der Waals surface area contributed by atoms with Gasteiger partial charge in [-0.15, -0.1) is 0 Å². The molecule has 1 aliphatic rings. The summed E-state index contributed by atoms with van der Waals surface area (Å²) in [7, 11) is 0. The van der Waals surface area contributed by atoms with Crippen molar-refractivity contribution in [3.05, 3.63) is 24.3 Å². The molecule has 0 N–H and O–H groups in total. The second-order valence-electron chi connectivity index (χ2n) is 4.16. The lowest BCUT2D eigenvalue weighted by molar-refractivity contribution is -0.117. The predicted octanol–water partition coefficient (Wildman–Crippen LogP) is 2.58. The molecule has 1 amide bonds. The number of benzene rings is 1. The molecule has 7 heteroatoms. The molecule has 0 aromatic heterocycles. The Hall–Kier alpha value is -1.66. The lowest BCUT2D eigenvalue weighted by Gasteiger charge is -2.18. The second kappa shape index (κ2) is 4.92. The first kappa shape index (κ1) is 12.8. The first-order valence-electron chi connectivity index (χ1n) is 5.70. The third-order valence-corrected chi connectivity index (χ3v) is 2.66. The van der Waals surface area contributed by atoms with Gasteiger partial charge in [-0.2, -0.15) is 0 Å². The Morgan fingerprint density at radius 1 is 1.22 bits per heavy atom. The van der Waals surface area contributed by atoms with Crippen LogP contribution in [0.3, 0.4) is 0 Å². The highest BCUT2D eigenvalue weighted by atomic mass is 19.4. The molecule has 98 valence electrons. The van der Waals surface area contributed by atoms with E-state index >= 15 is 0 Å². The van der Waals surface area contributed by atoms with E-state index in [-0.39, 0.29) is 11.7 Å². The molecule has 0 bridgehead atoms. The summed E-state index contributed by atoms with van der Waals surface area (Å²) in [6, 6.07) is 6.09. The smallest absolute Gasteiger partial charge is 0.515 e. The molecule has 3 nitrogen and oxygen atoms in total. The minimum atomic E-state index is -4.94. The summed E-state index contributed by atoms with van der Waals surface area (Å²) >= 11 is 0. The Morgan fingerprint density at radius 2 is 1.89 bits per heavy atom. The van der Waals surface area contributed by atoms with Crippen LogP contribution in [0.5, 0.6) is 5.75 Å². The van der Waals surface area contributed by atoms with Crippen molar-refractivity contribution in [2.24, 2.45) is 0 Å². The number of carbonyl (C=O) groups is 1. The third-order valence-electron chi connectivity index (χ3n) is 2.66. The Bertz CT molecular complexity index is 433. The van der Waals surface area contributed by atoms with E-state index in [9.17, 15) is 17.7 Å². The highest BCUT2D eigenvalue weighted by Gasteiger charge is 2.24. The normalized spacial score (nSPS) is 16.2. The summed E-state index contributed by atoms with van der Waals surface area (Å²) < 4.78 is 40.6. The van der Waals surface area contributed by atoms with Crippen molar-refractivity contribution in [2.75, 3.05) is 18.0 Å². The van der Waals surface area contributed by atoms with Gasteiger partial charge in [-0.25, -0.2) is 0 Å². The molecule has 1 aromatic carbocycles. The van der Waals surface area contributed by atoms with Crippen molar-refractivity contribution in [1.82, 2.24) is 0 Å². The fraction of sp³-hybridized carbons (Fsp3) is 0.364. The van der Waals surface area contributed by atoms with E-state index in [0.717, 1.165) is 6.42 Å². The van der Waals surface area contributed by atoms with Crippen LogP contribution in [0.1, 0.15) is 12.8 Å². The van der Waals surface area contributed by atoms with Crippen LogP contribution in [0.4, 0.5) is 18.6 Å². The summed E-state index contributed by atoms with van der Waals surface area (Å²) in [5, 5.41) is 0. The summed E-state index contributed by atoms with van der Waals surface area (Å²) in [4.78, 5) is 13.1. The molecule has 0 spiro atoms. The van der Waals surface area contributed by atoms with Gasteiger partial charge in [-0.1, -0.05) is 0 Å². The maximum absolute atomic E-state index is 12.0. The molecule has 1 aromatic rings. The molecule has 1 heterocycles. The van der Waals surface area contributed by atoms with Crippen LogP contribution < -0.4 is 9.64 Å². The highest BCUT2D eigenvalue weighted by Crippen LogP contribution is 2.24. The summed E-state index contributed by atoms with van der Waals surface area (Å²) in [6.45, 7) is -5.53. The number of carbonyl (C=O) groups excluding carboxylic acids is 1. The zero-order valence-corrected chi connectivity index (χ0v) is 9.61. The number of ether oxygens (including phenoxy) is 1. The molecule has 0 atom stereocenters. The zero-order valence-electron chi connectivity index (χ0n) is 9.61. The van der Waals surface area contributed by atoms with E-state index in [1.165, 1.54) is 12.1 Å². The molecule has 1 saturated heterocycles. The van der Waals surface area contributed by atoms with Crippen LogP contribution >= 0.6 is 0 Å². The summed E-state index contributed by atoms with van der Waals surface area (Å²) in [5.41, 5.74) is 0.697. The van der Waals surface area contributed by atoms with Gasteiger partial charge in [-0.05, 0) is 30.7 Å². The van der Waals surface area contributed by atoms with Crippen LogP contribution in [-0.2, 0) is 4.79 Å². The molecule has 0 radical (unpaired) electrons. The molecule has 0 aliphatic carbocycles. The number of halogens is 3. The summed E-state index contributed by atoms with van der Waals surface area (Å²) in [5.74, 6) is 0.201. The lowest BCUT2D eigenvalue weighted by atomic mass is 9.95. The Balaban J connectivity index is 1.99. The first-order valence-corrected chi connectivity index (χ1v) is 5.70. The van der Waals surface area contributed by atoms with Gasteiger partial charge in [0.1, 0.15) is 5.75 Å². The monoisotopic (exact) mass is 258 g/mol. The van der Waals surface area contributed by atoms with Crippen LogP contribution in [0.25, 0.3) is 0 Å². The van der Waals surface area contributed by atoms with E-state index in [4.69, 9.17) is 0 Å². The number of hydrogen-bond acceptors (Lipinski definition) is 2. The maximum atomic E-state index is 12.0. The van der Waals surface area contributed by atoms with Crippen molar-refractivity contribution in [1.29, 1.82) is 0 Å². The molecule has 1 aliphatic heterocycles. The van der Waals surface area contributed by atoms with Gasteiger partial charge < -0.3 is 22.6 Å². The fourth-order valence-corrected chi connectivity index (χ4v) is 1.83. The van der Waals surface area contributed by atoms with Crippen molar-refractivity contribution in [3.63, 3.8) is 0 Å².